The van der Waals surface area contributed by atoms with E-state index in [1.807, 2.05) is 18.2 Å². The van der Waals surface area contributed by atoms with E-state index in [0.29, 0.717) is 41.7 Å². The van der Waals surface area contributed by atoms with E-state index in [4.69, 9.17) is 14.2 Å². The van der Waals surface area contributed by atoms with Crippen LogP contribution < -0.4 is 29.9 Å². The molecule has 4 rings (SSSR count). The highest BCUT2D eigenvalue weighted by Crippen LogP contribution is 2.50. The standard InChI is InChI=1S/C27H34N2O5/c1-16-10-12-29(13-11-16)22-9-7-19-20(15-23(22)31)21(28-17(2)30)8-6-18-14-24(32-3)26(33-4)27(34-5)25(18)19/h7,9,14-16,21H,6,8,10-13H2,1-5H3,(H,28,30). The van der Waals surface area contributed by atoms with Gasteiger partial charge in [-0.25, -0.2) is 0 Å². The molecule has 1 heterocycles. The summed E-state index contributed by atoms with van der Waals surface area (Å²) in [4.78, 5) is 27.7. The Bertz CT molecular complexity index is 1140. The number of carbonyl (C=O) groups is 1. The average Bonchev–Trinajstić information content (AvgIpc) is 3.07. The third kappa shape index (κ3) is 4.43. The van der Waals surface area contributed by atoms with Crippen LogP contribution in [0.1, 0.15) is 50.3 Å². The van der Waals surface area contributed by atoms with E-state index >= 15 is 0 Å². The second-order valence-electron chi connectivity index (χ2n) is 9.24. The van der Waals surface area contributed by atoms with Gasteiger partial charge in [-0.1, -0.05) is 13.0 Å². The van der Waals surface area contributed by atoms with E-state index in [1.165, 1.54) is 6.92 Å². The van der Waals surface area contributed by atoms with Crippen LogP contribution >= 0.6 is 0 Å². The van der Waals surface area contributed by atoms with Crippen LogP contribution in [0.3, 0.4) is 0 Å². The molecule has 7 nitrogen and oxygen atoms in total. The van der Waals surface area contributed by atoms with E-state index in [0.717, 1.165) is 48.2 Å². The van der Waals surface area contributed by atoms with E-state index in [1.54, 1.807) is 27.4 Å². The monoisotopic (exact) mass is 466 g/mol. The van der Waals surface area contributed by atoms with Gasteiger partial charge in [-0.15, -0.1) is 0 Å². The number of anilines is 1. The number of aryl methyl sites for hydroxylation is 1. The Hall–Kier alpha value is -3.22. The van der Waals surface area contributed by atoms with Crippen LogP contribution in [0.4, 0.5) is 5.69 Å². The number of ether oxygens (including phenoxy) is 3. The summed E-state index contributed by atoms with van der Waals surface area (Å²) in [7, 11) is 4.79. The van der Waals surface area contributed by atoms with Gasteiger partial charge in [0.25, 0.3) is 0 Å². The number of benzene rings is 1. The lowest BCUT2D eigenvalue weighted by Gasteiger charge is -2.31. The second kappa shape index (κ2) is 9.95. The molecule has 0 bridgehead atoms. The first-order chi connectivity index (χ1) is 16.4. The van der Waals surface area contributed by atoms with Crippen molar-refractivity contribution in [1.82, 2.24) is 5.32 Å². The van der Waals surface area contributed by atoms with Gasteiger partial charge in [0.2, 0.25) is 17.1 Å². The van der Waals surface area contributed by atoms with Crippen molar-refractivity contribution < 1.29 is 19.0 Å². The van der Waals surface area contributed by atoms with Crippen LogP contribution in [0.2, 0.25) is 0 Å². The van der Waals surface area contributed by atoms with Gasteiger partial charge in [0.15, 0.2) is 11.5 Å². The first kappa shape index (κ1) is 23.9. The minimum Gasteiger partial charge on any atom is -0.493 e. The van der Waals surface area contributed by atoms with Crippen molar-refractivity contribution in [2.45, 2.75) is 45.6 Å². The molecule has 1 aliphatic carbocycles. The van der Waals surface area contributed by atoms with Crippen LogP contribution in [-0.2, 0) is 11.2 Å². The van der Waals surface area contributed by atoms with Crippen LogP contribution in [0.5, 0.6) is 17.2 Å². The summed E-state index contributed by atoms with van der Waals surface area (Å²) in [6.07, 6.45) is 3.47. The fraction of sp³-hybridized carbons (Fsp3) is 0.481. The number of carbonyl (C=O) groups excluding carboxylic acids is 1. The van der Waals surface area contributed by atoms with Gasteiger partial charge in [0.1, 0.15) is 0 Å². The Kier molecular flexibility index (Phi) is 7.00. The van der Waals surface area contributed by atoms with Crippen LogP contribution in [0.15, 0.2) is 29.1 Å². The fourth-order valence-corrected chi connectivity index (χ4v) is 5.21. The molecular formula is C27H34N2O5. The maximum atomic E-state index is 13.5. The molecule has 1 amide bonds. The van der Waals surface area contributed by atoms with Crippen molar-refractivity contribution in [3.63, 3.8) is 0 Å². The number of amides is 1. The lowest BCUT2D eigenvalue weighted by molar-refractivity contribution is -0.119. The fourth-order valence-electron chi connectivity index (χ4n) is 5.21. The molecule has 182 valence electrons. The van der Waals surface area contributed by atoms with Crippen molar-refractivity contribution in [2.24, 2.45) is 5.92 Å². The number of rotatable bonds is 5. The number of hydrogen-bond donors (Lipinski definition) is 1. The first-order valence-electron chi connectivity index (χ1n) is 11.9. The summed E-state index contributed by atoms with van der Waals surface area (Å²) in [5, 5.41) is 3.06. The summed E-state index contributed by atoms with van der Waals surface area (Å²) in [5.74, 6) is 2.20. The average molecular weight is 467 g/mol. The number of hydrogen-bond acceptors (Lipinski definition) is 6. The summed E-state index contributed by atoms with van der Waals surface area (Å²) in [6, 6.07) is 7.30. The maximum Gasteiger partial charge on any atom is 0.217 e. The molecule has 1 N–H and O–H groups in total. The number of nitrogens with zero attached hydrogens (tertiary/aromatic N) is 1. The molecule has 2 aromatic rings. The van der Waals surface area contributed by atoms with E-state index in [2.05, 4.69) is 17.1 Å². The molecule has 7 heteroatoms. The Morgan fingerprint density at radius 3 is 2.32 bits per heavy atom. The molecule has 1 atom stereocenters. The lowest BCUT2D eigenvalue weighted by Crippen LogP contribution is -2.35. The largest absolute Gasteiger partial charge is 0.493 e. The molecule has 0 radical (unpaired) electrons. The van der Waals surface area contributed by atoms with Gasteiger partial charge < -0.3 is 24.4 Å². The van der Waals surface area contributed by atoms with E-state index in [9.17, 15) is 9.59 Å². The number of methoxy groups -OCH3 is 3. The van der Waals surface area contributed by atoms with Crippen molar-refractivity contribution in [2.75, 3.05) is 39.3 Å². The zero-order chi connectivity index (χ0) is 24.4. The normalized spacial score (nSPS) is 17.8. The third-order valence-electron chi connectivity index (χ3n) is 7.02. The SMILES string of the molecule is COc1cc2c(c(OC)c1OC)-c1ccc(N3CCC(C)CC3)c(=O)cc1C(NC(C)=O)CC2. The van der Waals surface area contributed by atoms with Gasteiger partial charge in [0, 0.05) is 25.6 Å². The van der Waals surface area contributed by atoms with Crippen molar-refractivity contribution in [3.05, 3.63) is 45.6 Å². The molecule has 0 saturated carbocycles. The molecule has 2 aromatic carbocycles. The highest BCUT2D eigenvalue weighted by molar-refractivity contribution is 5.83. The van der Waals surface area contributed by atoms with E-state index < -0.39 is 0 Å². The molecule has 1 aliphatic heterocycles. The molecule has 34 heavy (non-hydrogen) atoms. The molecule has 0 spiro atoms. The van der Waals surface area contributed by atoms with Gasteiger partial charge >= 0.3 is 0 Å². The van der Waals surface area contributed by atoms with Crippen molar-refractivity contribution >= 4 is 11.6 Å². The van der Waals surface area contributed by atoms with Gasteiger partial charge in [-0.2, -0.15) is 0 Å². The van der Waals surface area contributed by atoms with E-state index in [-0.39, 0.29) is 17.4 Å². The predicted octanol–water partition coefficient (Wildman–Crippen LogP) is 4.10. The summed E-state index contributed by atoms with van der Waals surface area (Å²) >= 11 is 0. The summed E-state index contributed by atoms with van der Waals surface area (Å²) < 4.78 is 17.1. The maximum absolute atomic E-state index is 13.5. The minimum atomic E-state index is -0.295. The predicted molar refractivity (Wildman–Crippen MR) is 133 cm³/mol. The lowest BCUT2D eigenvalue weighted by atomic mass is 9.95. The zero-order valence-corrected chi connectivity index (χ0v) is 20.7. The number of piperidine rings is 1. The van der Waals surface area contributed by atoms with Gasteiger partial charge in [-0.05, 0) is 66.5 Å². The van der Waals surface area contributed by atoms with Crippen LogP contribution in [0.25, 0.3) is 11.1 Å². The summed E-state index contributed by atoms with van der Waals surface area (Å²) in [5.41, 5.74) is 4.21. The van der Waals surface area contributed by atoms with Crippen LogP contribution in [0, 0.1) is 5.92 Å². The highest BCUT2D eigenvalue weighted by atomic mass is 16.5. The Labute approximate surface area is 201 Å². The first-order valence-corrected chi connectivity index (χ1v) is 11.9. The number of nitrogens with one attached hydrogen (secondary N) is 1. The smallest absolute Gasteiger partial charge is 0.217 e. The molecule has 1 saturated heterocycles. The third-order valence-corrected chi connectivity index (χ3v) is 7.02. The van der Waals surface area contributed by atoms with Crippen LogP contribution in [-0.4, -0.2) is 40.3 Å². The Morgan fingerprint density at radius 2 is 1.71 bits per heavy atom. The van der Waals surface area contributed by atoms with Gasteiger partial charge in [0.05, 0.1) is 33.1 Å². The minimum absolute atomic E-state index is 0.0333. The van der Waals surface area contributed by atoms with Gasteiger partial charge in [-0.3, -0.25) is 9.59 Å². The highest BCUT2D eigenvalue weighted by Gasteiger charge is 2.30. The zero-order valence-electron chi connectivity index (χ0n) is 20.7. The molecule has 1 unspecified atom stereocenters. The molecule has 1 fully saturated rings. The Balaban J connectivity index is 1.97. The quantitative estimate of drug-likeness (QED) is 0.715. The Morgan fingerprint density at radius 1 is 1.00 bits per heavy atom. The molecule has 2 aliphatic rings. The second-order valence-corrected chi connectivity index (χ2v) is 9.24. The molecular weight excluding hydrogens is 432 g/mol. The summed E-state index contributed by atoms with van der Waals surface area (Å²) in [6.45, 7) is 5.49. The molecule has 0 aromatic heterocycles. The van der Waals surface area contributed by atoms with Crippen molar-refractivity contribution in [3.8, 4) is 28.4 Å². The topological polar surface area (TPSA) is 77.1 Å². The number of fused-ring (bicyclic) bond motifs is 3. The van der Waals surface area contributed by atoms with Crippen molar-refractivity contribution in [1.29, 1.82) is 0 Å².